The zero-order valence-corrected chi connectivity index (χ0v) is 17.0. The second-order valence-corrected chi connectivity index (χ2v) is 10.3. The monoisotopic (exact) mass is 422 g/mol. The van der Waals surface area contributed by atoms with Gasteiger partial charge >= 0.3 is 0 Å². The SMILES string of the molecule is O=S(=O)(c1ccccc1)n1cc(Sc2nc3ccccc3s2)c2ccccc21. The molecule has 3 aromatic carbocycles. The molecule has 5 aromatic rings. The Labute approximate surface area is 170 Å². The summed E-state index contributed by atoms with van der Waals surface area (Å²) in [6, 6.07) is 24.0. The van der Waals surface area contributed by atoms with Crippen LogP contribution in [-0.2, 0) is 10.0 Å². The van der Waals surface area contributed by atoms with E-state index in [0.29, 0.717) is 5.52 Å². The highest BCUT2D eigenvalue weighted by molar-refractivity contribution is 8.01. The minimum Gasteiger partial charge on any atom is -0.240 e. The van der Waals surface area contributed by atoms with Crippen molar-refractivity contribution in [3.05, 3.63) is 85.1 Å². The predicted octanol–water partition coefficient (Wildman–Crippen LogP) is 5.64. The normalized spacial score (nSPS) is 12.0. The van der Waals surface area contributed by atoms with Crippen LogP contribution in [0.3, 0.4) is 0 Å². The molecule has 138 valence electrons. The summed E-state index contributed by atoms with van der Waals surface area (Å²) in [6.45, 7) is 0. The van der Waals surface area contributed by atoms with E-state index in [-0.39, 0.29) is 4.90 Å². The van der Waals surface area contributed by atoms with E-state index in [0.717, 1.165) is 24.8 Å². The van der Waals surface area contributed by atoms with Crippen LogP contribution in [0.15, 0.2) is 99.2 Å². The summed E-state index contributed by atoms with van der Waals surface area (Å²) in [6.07, 6.45) is 1.70. The minimum absolute atomic E-state index is 0.271. The summed E-state index contributed by atoms with van der Waals surface area (Å²) in [5, 5.41) is 0.895. The number of hydrogen-bond donors (Lipinski definition) is 0. The lowest BCUT2D eigenvalue weighted by atomic mass is 10.2. The molecule has 2 heterocycles. The fourth-order valence-electron chi connectivity index (χ4n) is 3.09. The van der Waals surface area contributed by atoms with Gasteiger partial charge in [-0.3, -0.25) is 0 Å². The first-order valence-electron chi connectivity index (χ1n) is 8.57. The zero-order chi connectivity index (χ0) is 19.1. The van der Waals surface area contributed by atoms with Crippen LogP contribution in [-0.4, -0.2) is 17.4 Å². The number of rotatable bonds is 4. The molecule has 0 bridgehead atoms. The van der Waals surface area contributed by atoms with Gasteiger partial charge < -0.3 is 0 Å². The Balaban J connectivity index is 1.65. The van der Waals surface area contributed by atoms with Crippen molar-refractivity contribution >= 4 is 54.2 Å². The van der Waals surface area contributed by atoms with Gasteiger partial charge in [0.2, 0.25) is 0 Å². The van der Waals surface area contributed by atoms with E-state index >= 15 is 0 Å². The first kappa shape index (κ1) is 17.5. The molecule has 28 heavy (non-hydrogen) atoms. The van der Waals surface area contributed by atoms with Crippen LogP contribution in [0.1, 0.15) is 0 Å². The highest BCUT2D eigenvalue weighted by Gasteiger charge is 2.21. The smallest absolute Gasteiger partial charge is 0.240 e. The van der Waals surface area contributed by atoms with E-state index in [2.05, 4.69) is 4.98 Å². The number of para-hydroxylation sites is 2. The van der Waals surface area contributed by atoms with Gasteiger partial charge in [-0.2, -0.15) is 0 Å². The van der Waals surface area contributed by atoms with Gasteiger partial charge in [0.25, 0.3) is 10.0 Å². The highest BCUT2D eigenvalue weighted by Crippen LogP contribution is 2.39. The molecule has 5 rings (SSSR count). The van der Waals surface area contributed by atoms with Gasteiger partial charge in [0.05, 0.1) is 20.6 Å². The number of nitrogens with zero attached hydrogens (tertiary/aromatic N) is 2. The summed E-state index contributed by atoms with van der Waals surface area (Å²) >= 11 is 3.10. The molecular weight excluding hydrogens is 408 g/mol. The van der Waals surface area contributed by atoms with Crippen molar-refractivity contribution in [2.45, 2.75) is 14.1 Å². The van der Waals surface area contributed by atoms with Gasteiger partial charge in [0, 0.05) is 16.5 Å². The summed E-state index contributed by atoms with van der Waals surface area (Å²) in [7, 11) is -3.68. The lowest BCUT2D eigenvalue weighted by molar-refractivity contribution is 0.589. The maximum atomic E-state index is 13.2. The van der Waals surface area contributed by atoms with E-state index in [1.54, 1.807) is 47.9 Å². The Hall–Kier alpha value is -2.61. The molecule has 0 amide bonds. The molecule has 0 fully saturated rings. The third-order valence-corrected chi connectivity index (χ3v) is 8.24. The second-order valence-electron chi connectivity index (χ2n) is 6.17. The Morgan fingerprint density at radius 1 is 0.857 bits per heavy atom. The number of fused-ring (bicyclic) bond motifs is 2. The molecule has 0 atom stereocenters. The molecule has 2 aromatic heterocycles. The maximum Gasteiger partial charge on any atom is 0.268 e. The van der Waals surface area contributed by atoms with Crippen molar-refractivity contribution in [3.8, 4) is 0 Å². The summed E-state index contributed by atoms with van der Waals surface area (Å²) in [4.78, 5) is 5.81. The largest absolute Gasteiger partial charge is 0.268 e. The lowest BCUT2D eigenvalue weighted by Crippen LogP contribution is -2.11. The maximum absolute atomic E-state index is 13.2. The Bertz CT molecular complexity index is 1370. The predicted molar refractivity (Wildman–Crippen MR) is 115 cm³/mol. The quantitative estimate of drug-likeness (QED) is 0.376. The minimum atomic E-state index is -3.68. The van der Waals surface area contributed by atoms with Crippen LogP contribution in [0.4, 0.5) is 0 Å². The molecule has 0 aliphatic carbocycles. The molecule has 0 unspecified atom stereocenters. The van der Waals surface area contributed by atoms with Gasteiger partial charge in [0.15, 0.2) is 4.34 Å². The first-order chi connectivity index (χ1) is 13.6. The Kier molecular flexibility index (Phi) is 4.23. The zero-order valence-electron chi connectivity index (χ0n) is 14.5. The molecule has 0 saturated heterocycles. The standard InChI is InChI=1S/C21H14N2O2S3/c24-28(25,15-8-2-1-3-9-15)23-14-20(16-10-4-6-12-18(16)23)27-21-22-17-11-5-7-13-19(17)26-21/h1-14H. The summed E-state index contributed by atoms with van der Waals surface area (Å²) in [5.41, 5.74) is 1.62. The van der Waals surface area contributed by atoms with Crippen LogP contribution in [0.2, 0.25) is 0 Å². The molecule has 0 radical (unpaired) electrons. The lowest BCUT2D eigenvalue weighted by Gasteiger charge is -2.07. The third-order valence-electron chi connectivity index (χ3n) is 4.41. The number of thiazole rings is 1. The molecule has 4 nitrogen and oxygen atoms in total. The Morgan fingerprint density at radius 3 is 2.39 bits per heavy atom. The summed E-state index contributed by atoms with van der Waals surface area (Å²) in [5.74, 6) is 0. The van der Waals surface area contributed by atoms with Crippen LogP contribution >= 0.6 is 23.1 Å². The average Bonchev–Trinajstić information content (AvgIpc) is 3.30. The highest BCUT2D eigenvalue weighted by atomic mass is 32.2. The van der Waals surface area contributed by atoms with Crippen LogP contribution in [0.5, 0.6) is 0 Å². The molecule has 0 aliphatic heterocycles. The van der Waals surface area contributed by atoms with Crippen molar-refractivity contribution in [2.24, 2.45) is 0 Å². The molecule has 7 heteroatoms. The first-order valence-corrected chi connectivity index (χ1v) is 11.6. The molecule has 0 aliphatic rings. The second kappa shape index (κ2) is 6.77. The third kappa shape index (κ3) is 2.92. The Morgan fingerprint density at radius 2 is 1.57 bits per heavy atom. The van der Waals surface area contributed by atoms with E-state index in [1.165, 1.54) is 15.7 Å². The van der Waals surface area contributed by atoms with Crippen LogP contribution < -0.4 is 0 Å². The van der Waals surface area contributed by atoms with E-state index in [1.807, 2.05) is 48.5 Å². The average molecular weight is 423 g/mol. The van der Waals surface area contributed by atoms with Crippen molar-refractivity contribution in [3.63, 3.8) is 0 Å². The van der Waals surface area contributed by atoms with Gasteiger partial charge in [0.1, 0.15) is 0 Å². The van der Waals surface area contributed by atoms with E-state index < -0.39 is 10.0 Å². The molecule has 0 saturated carbocycles. The summed E-state index contributed by atoms with van der Waals surface area (Å²) < 4.78 is 29.8. The molecule has 0 spiro atoms. The van der Waals surface area contributed by atoms with Crippen LogP contribution in [0, 0.1) is 0 Å². The van der Waals surface area contributed by atoms with Gasteiger partial charge in [-0.05, 0) is 30.3 Å². The van der Waals surface area contributed by atoms with Gasteiger partial charge in [-0.25, -0.2) is 17.4 Å². The van der Waals surface area contributed by atoms with Gasteiger partial charge in [-0.1, -0.05) is 60.3 Å². The van der Waals surface area contributed by atoms with Crippen molar-refractivity contribution in [1.29, 1.82) is 0 Å². The number of hydrogen-bond acceptors (Lipinski definition) is 5. The number of aromatic nitrogens is 2. The molecule has 0 N–H and O–H groups in total. The van der Waals surface area contributed by atoms with E-state index in [4.69, 9.17) is 0 Å². The fraction of sp³-hybridized carbons (Fsp3) is 0. The van der Waals surface area contributed by atoms with Crippen LogP contribution in [0.25, 0.3) is 21.1 Å². The topological polar surface area (TPSA) is 52.0 Å². The van der Waals surface area contributed by atoms with E-state index in [9.17, 15) is 8.42 Å². The molecular formula is C21H14N2O2S3. The van der Waals surface area contributed by atoms with Crippen molar-refractivity contribution in [2.75, 3.05) is 0 Å². The number of benzene rings is 3. The van der Waals surface area contributed by atoms with Crippen molar-refractivity contribution < 1.29 is 8.42 Å². The fourth-order valence-corrected chi connectivity index (χ4v) is 6.73. The van der Waals surface area contributed by atoms with Crippen molar-refractivity contribution in [1.82, 2.24) is 8.96 Å². The van der Waals surface area contributed by atoms with Gasteiger partial charge in [-0.15, -0.1) is 11.3 Å².